The van der Waals surface area contributed by atoms with E-state index in [1.165, 1.54) is 13.4 Å². The lowest BCUT2D eigenvalue weighted by Gasteiger charge is -2.22. The van der Waals surface area contributed by atoms with Crippen LogP contribution in [0.3, 0.4) is 0 Å². The number of carbonyl (C=O) groups excluding carboxylic acids is 1. The normalized spacial score (nSPS) is 10.0. The second-order valence-corrected chi connectivity index (χ2v) is 4.28. The fourth-order valence-electron chi connectivity index (χ4n) is 2.02. The lowest BCUT2D eigenvalue weighted by atomic mass is 10.1. The van der Waals surface area contributed by atoms with E-state index in [0.717, 1.165) is 0 Å². The molecule has 1 aromatic heterocycles. The van der Waals surface area contributed by atoms with Crippen molar-refractivity contribution in [2.75, 3.05) is 37.2 Å². The maximum Gasteiger partial charge on any atom is 0.339 e. The molecule has 3 N–H and O–H groups in total. The molecule has 0 amide bonds. The summed E-state index contributed by atoms with van der Waals surface area (Å²) in [5.41, 5.74) is 7.54. The van der Waals surface area contributed by atoms with Crippen LogP contribution < -0.4 is 16.0 Å². The van der Waals surface area contributed by atoms with Crippen molar-refractivity contribution in [3.63, 3.8) is 0 Å². The van der Waals surface area contributed by atoms with Crippen LogP contribution in [0, 0.1) is 0 Å². The van der Waals surface area contributed by atoms with Gasteiger partial charge in [0, 0.05) is 14.1 Å². The number of nitrogens with two attached hydrogens (primary N) is 1. The highest BCUT2D eigenvalue weighted by Crippen LogP contribution is 2.32. The Morgan fingerprint density at radius 2 is 2.05 bits per heavy atom. The summed E-state index contributed by atoms with van der Waals surface area (Å²) in [6.45, 7) is 0. The van der Waals surface area contributed by atoms with Crippen LogP contribution in [0.4, 0.5) is 23.0 Å². The van der Waals surface area contributed by atoms with Crippen molar-refractivity contribution in [2.45, 2.75) is 0 Å². The quantitative estimate of drug-likeness (QED) is 0.826. The van der Waals surface area contributed by atoms with Gasteiger partial charge in [0.1, 0.15) is 12.0 Å². The van der Waals surface area contributed by atoms with E-state index in [1.807, 2.05) is 6.07 Å². The first kappa shape index (κ1) is 14.6. The van der Waals surface area contributed by atoms with Gasteiger partial charge in [0.05, 0.1) is 18.4 Å². The second kappa shape index (κ2) is 6.08. The highest BCUT2D eigenvalue weighted by molar-refractivity contribution is 5.97. The number of methoxy groups -OCH3 is 1. The van der Waals surface area contributed by atoms with Gasteiger partial charge < -0.3 is 20.7 Å². The Labute approximate surface area is 122 Å². The van der Waals surface area contributed by atoms with Gasteiger partial charge in [-0.1, -0.05) is 12.1 Å². The molecule has 0 aliphatic rings. The molecular weight excluding hydrogens is 270 g/mol. The van der Waals surface area contributed by atoms with E-state index >= 15 is 0 Å². The second-order valence-electron chi connectivity index (χ2n) is 4.28. The number of para-hydroxylation sites is 1. The number of ether oxygens (including phenoxy) is 1. The first-order valence-electron chi connectivity index (χ1n) is 6.29. The molecule has 0 spiro atoms. The van der Waals surface area contributed by atoms with Crippen molar-refractivity contribution in [3.8, 4) is 0 Å². The van der Waals surface area contributed by atoms with Crippen molar-refractivity contribution in [1.82, 2.24) is 9.97 Å². The minimum atomic E-state index is -0.418. The zero-order valence-electron chi connectivity index (χ0n) is 12.1. The summed E-state index contributed by atoms with van der Waals surface area (Å²) in [6, 6.07) is 7.08. The largest absolute Gasteiger partial charge is 0.465 e. The van der Waals surface area contributed by atoms with Crippen LogP contribution in [0.1, 0.15) is 10.4 Å². The Bertz CT molecular complexity index is 660. The van der Waals surface area contributed by atoms with E-state index in [4.69, 9.17) is 10.5 Å². The molecule has 0 saturated carbocycles. The minimum absolute atomic E-state index is 0.405. The molecule has 1 aromatic carbocycles. The molecule has 110 valence electrons. The molecule has 0 fully saturated rings. The van der Waals surface area contributed by atoms with Gasteiger partial charge in [0.2, 0.25) is 0 Å². The Morgan fingerprint density at radius 3 is 2.71 bits per heavy atom. The zero-order chi connectivity index (χ0) is 15.4. The van der Waals surface area contributed by atoms with Crippen LogP contribution in [0.15, 0.2) is 30.6 Å². The average molecular weight is 287 g/mol. The first-order chi connectivity index (χ1) is 10.1. The number of aromatic nitrogens is 2. The molecular formula is C14H17N5O2. The number of hydrogen-bond acceptors (Lipinski definition) is 7. The molecule has 0 unspecified atom stereocenters. The van der Waals surface area contributed by atoms with E-state index in [9.17, 15) is 4.79 Å². The number of esters is 1. The van der Waals surface area contributed by atoms with Crippen molar-refractivity contribution in [2.24, 2.45) is 0 Å². The lowest BCUT2D eigenvalue weighted by molar-refractivity contribution is 0.0601. The summed E-state index contributed by atoms with van der Waals surface area (Å²) >= 11 is 0. The molecule has 0 bridgehead atoms. The van der Waals surface area contributed by atoms with E-state index in [-0.39, 0.29) is 0 Å². The predicted octanol–water partition coefficient (Wildman–Crippen LogP) is 1.65. The van der Waals surface area contributed by atoms with Crippen LogP contribution in [0.25, 0.3) is 0 Å². The number of benzene rings is 1. The number of nitrogens with zero attached hydrogens (tertiary/aromatic N) is 3. The third-order valence-corrected chi connectivity index (χ3v) is 3.09. The molecule has 0 atom stereocenters. The fraction of sp³-hybridized carbons (Fsp3) is 0.214. The smallest absolute Gasteiger partial charge is 0.339 e. The summed E-state index contributed by atoms with van der Waals surface area (Å²) in [5.74, 6) is 0.618. The van der Waals surface area contributed by atoms with E-state index in [2.05, 4.69) is 15.3 Å². The Hall–Kier alpha value is -2.83. The molecule has 0 radical (unpaired) electrons. The molecule has 0 aliphatic heterocycles. The van der Waals surface area contributed by atoms with Gasteiger partial charge in [-0.15, -0.1) is 0 Å². The maximum absolute atomic E-state index is 11.9. The summed E-state index contributed by atoms with van der Waals surface area (Å²) in [5, 5.41) is 2.90. The Balaban J connectivity index is 2.50. The minimum Gasteiger partial charge on any atom is -0.465 e. The van der Waals surface area contributed by atoms with Gasteiger partial charge >= 0.3 is 5.97 Å². The Morgan fingerprint density at radius 1 is 1.33 bits per heavy atom. The molecule has 2 rings (SSSR count). The van der Waals surface area contributed by atoms with Crippen LogP contribution in [0.5, 0.6) is 0 Å². The van der Waals surface area contributed by atoms with Crippen molar-refractivity contribution in [3.05, 3.63) is 36.2 Å². The monoisotopic (exact) mass is 287 g/mol. The van der Waals surface area contributed by atoms with Crippen LogP contribution in [0.2, 0.25) is 0 Å². The van der Waals surface area contributed by atoms with Crippen molar-refractivity contribution >= 4 is 29.0 Å². The molecule has 7 heteroatoms. The van der Waals surface area contributed by atoms with E-state index in [1.54, 1.807) is 37.2 Å². The van der Waals surface area contributed by atoms with Crippen LogP contribution in [-0.4, -0.2) is 37.1 Å². The molecule has 1 heterocycles. The number of nitrogen functional groups attached to an aromatic ring is 1. The topological polar surface area (TPSA) is 93.4 Å². The van der Waals surface area contributed by atoms with Gasteiger partial charge in [-0.3, -0.25) is 0 Å². The molecule has 0 saturated heterocycles. The van der Waals surface area contributed by atoms with Gasteiger partial charge in [0.25, 0.3) is 0 Å². The number of anilines is 4. The van der Waals surface area contributed by atoms with Crippen molar-refractivity contribution in [1.29, 1.82) is 0 Å². The first-order valence-corrected chi connectivity index (χ1v) is 6.29. The number of nitrogens with one attached hydrogen (secondary N) is 1. The standard InChI is InChI=1S/C14H17N5O2/c1-16-12-11(15)13(18-8-17-12)19(2)10-7-5-4-6-9(10)14(20)21-3/h4-8H,15H2,1-3H3,(H,16,17,18). The molecule has 21 heavy (non-hydrogen) atoms. The molecule has 7 nitrogen and oxygen atoms in total. The van der Waals surface area contributed by atoms with Crippen LogP contribution in [-0.2, 0) is 4.74 Å². The number of carbonyl (C=O) groups is 1. The highest BCUT2D eigenvalue weighted by atomic mass is 16.5. The zero-order valence-corrected chi connectivity index (χ0v) is 12.1. The number of rotatable bonds is 4. The fourth-order valence-corrected chi connectivity index (χ4v) is 2.02. The predicted molar refractivity (Wildman–Crippen MR) is 81.8 cm³/mol. The highest BCUT2D eigenvalue weighted by Gasteiger charge is 2.18. The lowest BCUT2D eigenvalue weighted by Crippen LogP contribution is -2.18. The average Bonchev–Trinajstić information content (AvgIpc) is 2.53. The third-order valence-electron chi connectivity index (χ3n) is 3.09. The van der Waals surface area contributed by atoms with Gasteiger partial charge in [-0.2, -0.15) is 0 Å². The summed E-state index contributed by atoms with van der Waals surface area (Å²) in [7, 11) is 4.85. The summed E-state index contributed by atoms with van der Waals surface area (Å²) < 4.78 is 4.80. The van der Waals surface area contributed by atoms with E-state index < -0.39 is 5.97 Å². The molecule has 2 aromatic rings. The number of hydrogen-bond donors (Lipinski definition) is 2. The SMILES string of the molecule is CNc1ncnc(N(C)c2ccccc2C(=O)OC)c1N. The maximum atomic E-state index is 11.9. The molecule has 0 aliphatic carbocycles. The van der Waals surface area contributed by atoms with Gasteiger partial charge in [-0.05, 0) is 12.1 Å². The Kier molecular flexibility index (Phi) is 4.22. The van der Waals surface area contributed by atoms with Crippen molar-refractivity contribution < 1.29 is 9.53 Å². The third kappa shape index (κ3) is 2.71. The van der Waals surface area contributed by atoms with Crippen LogP contribution >= 0.6 is 0 Å². The van der Waals surface area contributed by atoms with Gasteiger partial charge in [-0.25, -0.2) is 14.8 Å². The van der Waals surface area contributed by atoms with Gasteiger partial charge in [0.15, 0.2) is 11.6 Å². The summed E-state index contributed by atoms with van der Waals surface area (Å²) in [4.78, 5) is 21.8. The van der Waals surface area contributed by atoms with E-state index in [0.29, 0.717) is 28.6 Å². The summed E-state index contributed by atoms with van der Waals surface area (Å²) in [6.07, 6.45) is 1.41.